The molecule has 0 radical (unpaired) electrons. The zero-order valence-electron chi connectivity index (χ0n) is 14.3. The molecule has 1 saturated heterocycles. The van der Waals surface area contributed by atoms with Crippen LogP contribution in [-0.4, -0.2) is 46.6 Å². The van der Waals surface area contributed by atoms with E-state index in [9.17, 15) is 14.7 Å². The van der Waals surface area contributed by atoms with E-state index in [1.165, 1.54) is 18.2 Å². The minimum atomic E-state index is -0.439. The van der Waals surface area contributed by atoms with Crippen molar-refractivity contribution in [3.05, 3.63) is 36.4 Å². The maximum Gasteiger partial charge on any atom is 0.258 e. The Morgan fingerprint density at radius 2 is 2.21 bits per heavy atom. The Kier molecular flexibility index (Phi) is 5.29. The molecule has 1 unspecified atom stereocenters. The van der Waals surface area contributed by atoms with Gasteiger partial charge < -0.3 is 20.1 Å². The molecule has 6 nitrogen and oxygen atoms in total. The van der Waals surface area contributed by atoms with E-state index in [0.717, 1.165) is 12.5 Å². The smallest absolute Gasteiger partial charge is 0.258 e. The van der Waals surface area contributed by atoms with Gasteiger partial charge in [-0.05, 0) is 44.5 Å². The molecule has 1 fully saturated rings. The summed E-state index contributed by atoms with van der Waals surface area (Å²) in [4.78, 5) is 26.1. The zero-order valence-corrected chi connectivity index (χ0v) is 14.3. The Balaban J connectivity index is 2.31. The van der Waals surface area contributed by atoms with E-state index in [-0.39, 0.29) is 29.2 Å². The van der Waals surface area contributed by atoms with E-state index < -0.39 is 5.60 Å². The molecule has 0 spiro atoms. The van der Waals surface area contributed by atoms with Crippen molar-refractivity contribution in [2.75, 3.05) is 18.5 Å². The number of carbonyl (C=O) groups excluding carboxylic acids is 2. The molecule has 6 heteroatoms. The van der Waals surface area contributed by atoms with Crippen LogP contribution in [0.2, 0.25) is 0 Å². The highest BCUT2D eigenvalue weighted by atomic mass is 16.5. The molecule has 0 aromatic heterocycles. The first-order valence-corrected chi connectivity index (χ1v) is 7.98. The summed E-state index contributed by atoms with van der Waals surface area (Å²) >= 11 is 0. The molecular weight excluding hydrogens is 308 g/mol. The molecule has 1 atom stereocenters. The van der Waals surface area contributed by atoms with Gasteiger partial charge >= 0.3 is 0 Å². The Bertz CT molecular complexity index is 654. The number of hydrogen-bond acceptors (Lipinski definition) is 4. The monoisotopic (exact) mass is 332 g/mol. The third-order valence-electron chi connectivity index (χ3n) is 4.07. The highest BCUT2D eigenvalue weighted by Crippen LogP contribution is 2.28. The Labute approximate surface area is 142 Å². The second-order valence-corrected chi connectivity index (χ2v) is 6.49. The van der Waals surface area contributed by atoms with E-state index in [1.54, 1.807) is 4.90 Å². The van der Waals surface area contributed by atoms with Crippen molar-refractivity contribution < 1.29 is 19.4 Å². The normalized spacial score (nSPS) is 19.6. The molecule has 0 bridgehead atoms. The van der Waals surface area contributed by atoms with Crippen LogP contribution in [0, 0.1) is 0 Å². The van der Waals surface area contributed by atoms with Crippen LogP contribution in [-0.2, 0) is 9.53 Å². The molecule has 2 amide bonds. The Morgan fingerprint density at radius 1 is 1.50 bits per heavy atom. The van der Waals surface area contributed by atoms with Gasteiger partial charge in [-0.1, -0.05) is 13.5 Å². The largest absolute Gasteiger partial charge is 0.507 e. The van der Waals surface area contributed by atoms with E-state index in [1.807, 2.05) is 20.8 Å². The number of hydrogen-bond donors (Lipinski definition) is 2. The summed E-state index contributed by atoms with van der Waals surface area (Å²) in [5.41, 5.74) is 0.153. The number of ether oxygens (including phenoxy) is 1. The summed E-state index contributed by atoms with van der Waals surface area (Å²) in [5.74, 6) is -0.765. The van der Waals surface area contributed by atoms with Gasteiger partial charge in [-0.25, -0.2) is 0 Å². The van der Waals surface area contributed by atoms with Crippen molar-refractivity contribution >= 4 is 17.5 Å². The van der Waals surface area contributed by atoms with Gasteiger partial charge in [0.05, 0.1) is 23.8 Å². The minimum Gasteiger partial charge on any atom is -0.507 e. The topological polar surface area (TPSA) is 78.9 Å². The predicted octanol–water partition coefficient (Wildman–Crippen LogP) is 2.55. The number of amides is 2. The fourth-order valence-electron chi connectivity index (χ4n) is 2.71. The first-order valence-electron chi connectivity index (χ1n) is 7.98. The fraction of sp³-hybridized carbons (Fsp3) is 0.444. The van der Waals surface area contributed by atoms with Crippen LogP contribution in [0.3, 0.4) is 0 Å². The zero-order chi connectivity index (χ0) is 17.9. The quantitative estimate of drug-likeness (QED) is 0.656. The Morgan fingerprint density at radius 3 is 2.83 bits per heavy atom. The lowest BCUT2D eigenvalue weighted by Crippen LogP contribution is -2.55. The minimum absolute atomic E-state index is 0.0450. The molecule has 1 aliphatic heterocycles. The van der Waals surface area contributed by atoms with E-state index in [0.29, 0.717) is 18.8 Å². The molecule has 24 heavy (non-hydrogen) atoms. The van der Waals surface area contributed by atoms with Crippen molar-refractivity contribution in [1.82, 2.24) is 4.90 Å². The number of carbonyl (C=O) groups is 2. The van der Waals surface area contributed by atoms with E-state index in [2.05, 4.69) is 11.9 Å². The van der Waals surface area contributed by atoms with Crippen molar-refractivity contribution in [3.63, 3.8) is 0 Å². The van der Waals surface area contributed by atoms with Gasteiger partial charge in [0.25, 0.3) is 5.91 Å². The van der Waals surface area contributed by atoms with Crippen LogP contribution in [0.4, 0.5) is 5.69 Å². The molecule has 2 N–H and O–H groups in total. The number of anilines is 1. The molecule has 1 aliphatic rings. The number of phenols is 1. The maximum absolute atomic E-state index is 13.0. The SMILES string of the molecule is C=CC(=O)Nc1ccc(O)c(C(=O)N2CC(C)(C)OCC2CC)c1. The highest BCUT2D eigenvalue weighted by Gasteiger charge is 2.36. The first kappa shape index (κ1) is 18.0. The van der Waals surface area contributed by atoms with Gasteiger partial charge in [0.1, 0.15) is 5.75 Å². The van der Waals surface area contributed by atoms with Gasteiger partial charge in [0, 0.05) is 12.2 Å². The fourth-order valence-corrected chi connectivity index (χ4v) is 2.71. The van der Waals surface area contributed by atoms with Gasteiger partial charge in [-0.3, -0.25) is 9.59 Å². The molecule has 2 rings (SSSR count). The lowest BCUT2D eigenvalue weighted by Gasteiger charge is -2.43. The summed E-state index contributed by atoms with van der Waals surface area (Å²) in [6.45, 7) is 10.1. The van der Waals surface area contributed by atoms with Crippen molar-refractivity contribution in [2.45, 2.75) is 38.8 Å². The summed E-state index contributed by atoms with van der Waals surface area (Å²) in [6.07, 6.45) is 1.90. The third kappa shape index (κ3) is 3.94. The number of nitrogens with one attached hydrogen (secondary N) is 1. The number of aromatic hydroxyl groups is 1. The maximum atomic E-state index is 13.0. The Hall–Kier alpha value is -2.34. The molecule has 130 valence electrons. The molecular formula is C18H24N2O4. The van der Waals surface area contributed by atoms with Crippen molar-refractivity contribution in [2.24, 2.45) is 0 Å². The summed E-state index contributed by atoms with van der Waals surface area (Å²) < 4.78 is 5.78. The first-order chi connectivity index (χ1) is 11.3. The van der Waals surface area contributed by atoms with Gasteiger partial charge in [-0.15, -0.1) is 0 Å². The summed E-state index contributed by atoms with van der Waals surface area (Å²) in [7, 11) is 0. The molecule has 1 heterocycles. The van der Waals surface area contributed by atoms with Gasteiger partial charge in [0.2, 0.25) is 5.91 Å². The molecule has 0 aliphatic carbocycles. The standard InChI is InChI=1S/C18H24N2O4/c1-5-13-10-24-18(3,4)11-20(13)17(23)14-9-12(7-8-15(14)21)19-16(22)6-2/h6-9,13,21H,2,5,10-11H2,1,3-4H3,(H,19,22). The molecule has 1 aromatic rings. The van der Waals surface area contributed by atoms with Crippen LogP contribution in [0.15, 0.2) is 30.9 Å². The van der Waals surface area contributed by atoms with Gasteiger partial charge in [-0.2, -0.15) is 0 Å². The number of nitrogens with zero attached hydrogens (tertiary/aromatic N) is 1. The number of rotatable bonds is 4. The average molecular weight is 332 g/mol. The van der Waals surface area contributed by atoms with Crippen LogP contribution >= 0.6 is 0 Å². The van der Waals surface area contributed by atoms with Gasteiger partial charge in [0.15, 0.2) is 0 Å². The van der Waals surface area contributed by atoms with E-state index >= 15 is 0 Å². The number of morpholine rings is 1. The van der Waals surface area contributed by atoms with E-state index in [4.69, 9.17) is 4.74 Å². The second-order valence-electron chi connectivity index (χ2n) is 6.49. The number of phenolic OH excluding ortho intramolecular Hbond substituents is 1. The van der Waals surface area contributed by atoms with Crippen LogP contribution in [0.5, 0.6) is 5.75 Å². The average Bonchev–Trinajstić information content (AvgIpc) is 2.55. The van der Waals surface area contributed by atoms with Crippen LogP contribution in [0.1, 0.15) is 37.6 Å². The number of benzene rings is 1. The lowest BCUT2D eigenvalue weighted by atomic mass is 10.0. The summed E-state index contributed by atoms with van der Waals surface area (Å²) in [6, 6.07) is 4.37. The summed E-state index contributed by atoms with van der Waals surface area (Å²) in [5, 5.41) is 12.7. The second kappa shape index (κ2) is 7.05. The van der Waals surface area contributed by atoms with Crippen LogP contribution in [0.25, 0.3) is 0 Å². The lowest BCUT2D eigenvalue weighted by molar-refractivity contribution is -0.111. The molecule has 1 aromatic carbocycles. The van der Waals surface area contributed by atoms with Crippen LogP contribution < -0.4 is 5.32 Å². The van der Waals surface area contributed by atoms with Crippen molar-refractivity contribution in [1.29, 1.82) is 0 Å². The highest BCUT2D eigenvalue weighted by molar-refractivity contribution is 6.02. The predicted molar refractivity (Wildman–Crippen MR) is 92.1 cm³/mol. The van der Waals surface area contributed by atoms with Crippen molar-refractivity contribution in [3.8, 4) is 5.75 Å². The third-order valence-corrected chi connectivity index (χ3v) is 4.07. The molecule has 0 saturated carbocycles.